The molecule has 1 amide bonds. The number of amides is 1. The molecule has 2 bridgehead atoms. The van der Waals surface area contributed by atoms with Gasteiger partial charge in [-0.2, -0.15) is 0 Å². The van der Waals surface area contributed by atoms with Crippen LogP contribution in [-0.4, -0.2) is 17.0 Å². The fraction of sp³-hybridized carbons (Fsp3) is 0.450. The maximum Gasteiger partial charge on any atom is 0.253 e. The molecule has 0 spiro atoms. The topological polar surface area (TPSA) is 34.0 Å². The first kappa shape index (κ1) is 15.9. The van der Waals surface area contributed by atoms with E-state index in [4.69, 9.17) is 0 Å². The maximum atomic E-state index is 12.9. The van der Waals surface area contributed by atoms with Gasteiger partial charge in [0.1, 0.15) is 0 Å². The van der Waals surface area contributed by atoms with Gasteiger partial charge in [-0.25, -0.2) is 0 Å². The van der Waals surface area contributed by atoms with Gasteiger partial charge in [0.05, 0.1) is 5.56 Å². The van der Waals surface area contributed by atoms with Crippen LogP contribution in [0.3, 0.4) is 0 Å². The van der Waals surface area contributed by atoms with Crippen LogP contribution in [0, 0.1) is 5.41 Å². The lowest BCUT2D eigenvalue weighted by Crippen LogP contribution is -2.40. The van der Waals surface area contributed by atoms with Gasteiger partial charge in [-0.1, -0.05) is 27.6 Å². The summed E-state index contributed by atoms with van der Waals surface area (Å²) in [5, 5.41) is 4.26. The Labute approximate surface area is 151 Å². The summed E-state index contributed by atoms with van der Waals surface area (Å²) in [6.45, 7) is 3.77. The molecule has 3 aliphatic carbocycles. The zero-order chi connectivity index (χ0) is 16.7. The van der Waals surface area contributed by atoms with Crippen molar-refractivity contribution in [2.75, 3.05) is 6.54 Å². The Bertz CT molecular complexity index is 824. The number of carbonyl (C=O) groups is 1. The van der Waals surface area contributed by atoms with Crippen molar-refractivity contribution in [3.63, 3.8) is 0 Å². The number of rotatable bonds is 4. The molecule has 0 radical (unpaired) electrons. The Hall–Kier alpha value is -1.55. The number of halogens is 1. The molecule has 0 saturated heterocycles. The summed E-state index contributed by atoms with van der Waals surface area (Å²) < 4.78 is 3.15. The Morgan fingerprint density at radius 3 is 2.79 bits per heavy atom. The highest BCUT2D eigenvalue weighted by molar-refractivity contribution is 9.10. The first-order valence-corrected chi connectivity index (χ1v) is 9.64. The van der Waals surface area contributed by atoms with E-state index in [0.29, 0.717) is 5.41 Å². The smallest absolute Gasteiger partial charge is 0.253 e. The van der Waals surface area contributed by atoms with Gasteiger partial charge in [0, 0.05) is 34.7 Å². The number of aromatic nitrogens is 1. The van der Waals surface area contributed by atoms with Gasteiger partial charge in [-0.15, -0.1) is 0 Å². The Morgan fingerprint density at radius 2 is 2.12 bits per heavy atom. The Balaban J connectivity index is 1.57. The Kier molecular flexibility index (Phi) is 4.03. The molecule has 2 aromatic rings. The summed E-state index contributed by atoms with van der Waals surface area (Å²) >= 11 is 3.53. The highest BCUT2D eigenvalue weighted by atomic mass is 79.9. The highest BCUT2D eigenvalue weighted by Crippen LogP contribution is 2.46. The summed E-state index contributed by atoms with van der Waals surface area (Å²) in [4.78, 5) is 12.9. The van der Waals surface area contributed by atoms with E-state index in [1.165, 1.54) is 25.7 Å². The summed E-state index contributed by atoms with van der Waals surface area (Å²) in [5.74, 6) is 0.0556. The molecule has 1 aromatic heterocycles. The van der Waals surface area contributed by atoms with Crippen LogP contribution >= 0.6 is 15.9 Å². The molecule has 126 valence electrons. The van der Waals surface area contributed by atoms with Crippen molar-refractivity contribution in [3.8, 4) is 0 Å². The normalized spacial score (nSPS) is 18.7. The molecule has 4 heteroatoms. The molecule has 24 heavy (non-hydrogen) atoms. The van der Waals surface area contributed by atoms with Gasteiger partial charge in [0.25, 0.3) is 5.91 Å². The van der Waals surface area contributed by atoms with Gasteiger partial charge in [-0.05, 0) is 62.6 Å². The molecular weight excluding hydrogens is 364 g/mol. The van der Waals surface area contributed by atoms with E-state index in [9.17, 15) is 4.79 Å². The van der Waals surface area contributed by atoms with Crippen LogP contribution in [0.25, 0.3) is 10.9 Å². The van der Waals surface area contributed by atoms with E-state index in [0.717, 1.165) is 40.4 Å². The average molecular weight is 387 g/mol. The van der Waals surface area contributed by atoms with Crippen molar-refractivity contribution < 1.29 is 4.79 Å². The van der Waals surface area contributed by atoms with Gasteiger partial charge >= 0.3 is 0 Å². The predicted molar refractivity (Wildman–Crippen MR) is 101 cm³/mol. The second kappa shape index (κ2) is 6.07. The third-order valence-corrected chi connectivity index (χ3v) is 6.32. The lowest BCUT2D eigenvalue weighted by Gasteiger charge is -2.42. The van der Waals surface area contributed by atoms with Crippen LogP contribution in [0.5, 0.6) is 0 Å². The molecule has 1 fully saturated rings. The molecule has 1 aromatic carbocycles. The summed E-state index contributed by atoms with van der Waals surface area (Å²) in [5.41, 5.74) is 3.82. The zero-order valence-electron chi connectivity index (χ0n) is 14.1. The first-order valence-electron chi connectivity index (χ1n) is 8.85. The molecule has 5 rings (SSSR count). The zero-order valence-corrected chi connectivity index (χ0v) is 15.7. The monoisotopic (exact) mass is 386 g/mol. The summed E-state index contributed by atoms with van der Waals surface area (Å²) in [7, 11) is 0. The fourth-order valence-electron chi connectivity index (χ4n) is 4.19. The van der Waals surface area contributed by atoms with Crippen LogP contribution < -0.4 is 5.32 Å². The van der Waals surface area contributed by atoms with E-state index in [-0.39, 0.29) is 5.91 Å². The molecule has 0 aliphatic heterocycles. The first-order chi connectivity index (χ1) is 11.6. The molecule has 0 atom stereocenters. The van der Waals surface area contributed by atoms with E-state index < -0.39 is 0 Å². The van der Waals surface area contributed by atoms with Crippen LogP contribution in [0.1, 0.15) is 49.4 Å². The number of hydrogen-bond acceptors (Lipinski definition) is 1. The van der Waals surface area contributed by atoms with E-state index >= 15 is 0 Å². The van der Waals surface area contributed by atoms with Crippen molar-refractivity contribution in [1.82, 2.24) is 9.88 Å². The molecule has 3 aliphatic rings. The van der Waals surface area contributed by atoms with Gasteiger partial charge in [0.2, 0.25) is 0 Å². The predicted octanol–water partition coefficient (Wildman–Crippen LogP) is 5.04. The number of carbonyl (C=O) groups excluding carboxylic acids is 1. The standard InChI is InChI=1S/C20H23BrN2O/c1-2-23-12-17(16-11-15(21)3-4-18(16)23)19(24)22-13-20-8-5-14(6-9-20)7-10-20/h3-5,11-12H,2,6-10,13H2,1H3,(H,22,24). The molecule has 0 unspecified atom stereocenters. The molecule has 1 N–H and O–H groups in total. The van der Waals surface area contributed by atoms with E-state index in [1.54, 1.807) is 5.57 Å². The molecular formula is C20H23BrN2O. The number of nitrogens with zero attached hydrogens (tertiary/aromatic N) is 1. The van der Waals surface area contributed by atoms with Crippen molar-refractivity contribution in [3.05, 3.63) is 46.1 Å². The second-order valence-electron chi connectivity index (χ2n) is 7.24. The van der Waals surface area contributed by atoms with Crippen molar-refractivity contribution in [1.29, 1.82) is 0 Å². The minimum atomic E-state index is 0.0556. The number of aryl methyl sites for hydroxylation is 1. The van der Waals surface area contributed by atoms with Gasteiger partial charge in [0.15, 0.2) is 0 Å². The van der Waals surface area contributed by atoms with E-state index in [2.05, 4.69) is 44.9 Å². The minimum absolute atomic E-state index is 0.0556. The van der Waals surface area contributed by atoms with Crippen LogP contribution in [0.15, 0.2) is 40.5 Å². The molecule has 1 saturated carbocycles. The third-order valence-electron chi connectivity index (χ3n) is 5.83. The van der Waals surface area contributed by atoms with Crippen molar-refractivity contribution in [2.45, 2.75) is 45.6 Å². The molecule has 3 nitrogen and oxygen atoms in total. The van der Waals surface area contributed by atoms with Crippen LogP contribution in [-0.2, 0) is 6.54 Å². The molecule has 1 heterocycles. The quantitative estimate of drug-likeness (QED) is 0.733. The summed E-state index contributed by atoms with van der Waals surface area (Å²) in [6, 6.07) is 6.15. The van der Waals surface area contributed by atoms with Crippen LogP contribution in [0.2, 0.25) is 0 Å². The highest BCUT2D eigenvalue weighted by Gasteiger charge is 2.36. The number of benzene rings is 1. The SMILES string of the molecule is CCn1cc(C(=O)NCC23CC=C(CC2)CC3)c2cc(Br)ccc21. The number of allylic oxidation sites excluding steroid dienone is 2. The fourth-order valence-corrected chi connectivity index (χ4v) is 4.56. The van der Waals surface area contributed by atoms with Gasteiger partial charge in [-0.3, -0.25) is 4.79 Å². The largest absolute Gasteiger partial charge is 0.351 e. The van der Waals surface area contributed by atoms with Gasteiger partial charge < -0.3 is 9.88 Å². The number of fused-ring (bicyclic) bond motifs is 4. The van der Waals surface area contributed by atoms with Crippen molar-refractivity contribution in [2.24, 2.45) is 5.41 Å². The lowest BCUT2D eigenvalue weighted by molar-refractivity contribution is 0.0913. The lowest BCUT2D eigenvalue weighted by atomic mass is 9.65. The Morgan fingerprint density at radius 1 is 1.33 bits per heavy atom. The third kappa shape index (κ3) is 2.71. The summed E-state index contributed by atoms with van der Waals surface area (Å²) in [6.07, 6.45) is 10.4. The van der Waals surface area contributed by atoms with E-state index in [1.807, 2.05) is 18.3 Å². The maximum absolute atomic E-state index is 12.9. The number of nitrogens with one attached hydrogen (secondary N) is 1. The number of hydrogen-bond donors (Lipinski definition) is 1. The van der Waals surface area contributed by atoms with Crippen LogP contribution in [0.4, 0.5) is 0 Å². The van der Waals surface area contributed by atoms with Crippen molar-refractivity contribution >= 4 is 32.7 Å². The minimum Gasteiger partial charge on any atom is -0.351 e. The average Bonchev–Trinajstić information content (AvgIpc) is 2.99. The second-order valence-corrected chi connectivity index (χ2v) is 8.16.